The van der Waals surface area contributed by atoms with Crippen LogP contribution in [0.1, 0.15) is 53.1 Å². The monoisotopic (exact) mass is 701 g/mol. The molecule has 51 heavy (non-hydrogen) atoms. The van der Waals surface area contributed by atoms with E-state index in [1.54, 1.807) is 23.4 Å². The number of aromatic nitrogens is 7. The number of rotatable bonds is 10. The SMILES string of the molecule is CCc1cccc(CC)c1-n1nc2c(c1-c1c(F)cc(COC(=O)[C@@H](N)Cc3cnc[nH]3)c3[nH]ccc13)CN(c1ncc(C(F)(F)F)cn1)CC2. The van der Waals surface area contributed by atoms with Crippen LogP contribution in [0, 0.1) is 5.82 Å². The molecule has 0 saturated carbocycles. The van der Waals surface area contributed by atoms with Crippen LogP contribution in [-0.2, 0) is 54.5 Å². The van der Waals surface area contributed by atoms with E-state index in [2.05, 4.69) is 24.9 Å². The van der Waals surface area contributed by atoms with Gasteiger partial charge in [-0.2, -0.15) is 18.3 Å². The normalized spacial score (nSPS) is 13.8. The van der Waals surface area contributed by atoms with E-state index >= 15 is 4.39 Å². The van der Waals surface area contributed by atoms with Crippen molar-refractivity contribution in [2.45, 2.75) is 64.9 Å². The summed E-state index contributed by atoms with van der Waals surface area (Å²) in [4.78, 5) is 32.7. The fraction of sp³-hybridized carbons (Fsp3) is 0.306. The lowest BCUT2D eigenvalue weighted by atomic mass is 9.95. The number of nitrogens with zero attached hydrogens (tertiary/aromatic N) is 6. The maximum Gasteiger partial charge on any atom is 0.419 e. The molecule has 6 aromatic rings. The Kier molecular flexibility index (Phi) is 9.06. The van der Waals surface area contributed by atoms with Crippen LogP contribution in [-0.4, -0.2) is 53.3 Å². The molecule has 1 aliphatic heterocycles. The van der Waals surface area contributed by atoms with Crippen LogP contribution in [0.4, 0.5) is 23.5 Å². The first kappa shape index (κ1) is 33.9. The first-order chi connectivity index (χ1) is 24.6. The molecule has 2 aromatic carbocycles. The summed E-state index contributed by atoms with van der Waals surface area (Å²) in [6.07, 6.45) is 3.77. The Balaban J connectivity index is 1.32. The summed E-state index contributed by atoms with van der Waals surface area (Å²) in [6.45, 7) is 4.46. The second-order valence-electron chi connectivity index (χ2n) is 12.4. The Bertz CT molecular complexity index is 2170. The number of hydrogen-bond donors (Lipinski definition) is 3. The smallest absolute Gasteiger partial charge is 0.419 e. The van der Waals surface area contributed by atoms with Crippen molar-refractivity contribution in [1.29, 1.82) is 0 Å². The Labute approximate surface area is 289 Å². The zero-order chi connectivity index (χ0) is 35.9. The molecule has 5 heterocycles. The van der Waals surface area contributed by atoms with Gasteiger partial charge in [-0.15, -0.1) is 0 Å². The molecule has 0 spiro atoms. The molecule has 7 rings (SSSR count). The van der Waals surface area contributed by atoms with E-state index in [-0.39, 0.29) is 31.1 Å². The fourth-order valence-corrected chi connectivity index (χ4v) is 6.68. The first-order valence-electron chi connectivity index (χ1n) is 16.6. The molecule has 0 fully saturated rings. The number of carbonyl (C=O) groups excluding carboxylic acids is 1. The molecule has 15 heteroatoms. The second-order valence-corrected chi connectivity index (χ2v) is 12.4. The summed E-state index contributed by atoms with van der Waals surface area (Å²) >= 11 is 0. The zero-order valence-corrected chi connectivity index (χ0v) is 27.9. The molecule has 0 aliphatic carbocycles. The van der Waals surface area contributed by atoms with Crippen LogP contribution in [0.5, 0.6) is 0 Å². The fourth-order valence-electron chi connectivity index (χ4n) is 6.68. The predicted octanol–water partition coefficient (Wildman–Crippen LogP) is 5.99. The number of aryl methyl sites for hydroxylation is 2. The zero-order valence-electron chi connectivity index (χ0n) is 27.9. The van der Waals surface area contributed by atoms with E-state index in [1.807, 2.05) is 36.7 Å². The number of H-pyrrole nitrogens is 2. The maximum atomic E-state index is 16.8. The molecular formula is C36H35F4N9O2. The second kappa shape index (κ2) is 13.6. The van der Waals surface area contributed by atoms with E-state index < -0.39 is 29.6 Å². The van der Waals surface area contributed by atoms with Gasteiger partial charge in [0.2, 0.25) is 5.95 Å². The number of esters is 1. The molecule has 0 unspecified atom stereocenters. The third-order valence-corrected chi connectivity index (χ3v) is 9.24. The Hall–Kier alpha value is -5.57. The number of para-hydroxylation sites is 1. The number of nitrogens with one attached hydrogen (secondary N) is 2. The number of benzene rings is 2. The topological polar surface area (TPSA) is 144 Å². The van der Waals surface area contributed by atoms with Crippen LogP contribution in [0.15, 0.2) is 61.4 Å². The van der Waals surface area contributed by atoms with E-state index in [1.165, 1.54) is 12.4 Å². The van der Waals surface area contributed by atoms with E-state index in [0.29, 0.717) is 59.2 Å². The van der Waals surface area contributed by atoms with Gasteiger partial charge in [0.05, 0.1) is 34.5 Å². The highest BCUT2D eigenvalue weighted by atomic mass is 19.4. The number of nitrogens with two attached hydrogens (primary N) is 1. The van der Waals surface area contributed by atoms with Gasteiger partial charge in [-0.05, 0) is 36.1 Å². The Morgan fingerprint density at radius 3 is 2.47 bits per heavy atom. The van der Waals surface area contributed by atoms with Gasteiger partial charge in [-0.3, -0.25) is 4.79 Å². The minimum Gasteiger partial charge on any atom is -0.460 e. The lowest BCUT2D eigenvalue weighted by molar-refractivity contribution is -0.146. The van der Waals surface area contributed by atoms with Crippen molar-refractivity contribution < 1.29 is 27.1 Å². The lowest BCUT2D eigenvalue weighted by Gasteiger charge is -2.27. The average Bonchev–Trinajstić information content (AvgIpc) is 3.90. The summed E-state index contributed by atoms with van der Waals surface area (Å²) in [5.74, 6) is -1.07. The standard InChI is InChI=1S/C36H35F4N9O2/c1-3-20-6-5-7-21(4-2)32(20)49-33(26-17-48(11-9-29(26)47-49)35-44-14-23(15-45-35)36(38,39)40)30-25-8-10-43-31(25)22(12-27(30)37)18-51-34(50)28(41)13-24-16-42-19-46-24/h5-8,10,12,14-16,19,28,43H,3-4,9,11,13,17-18,41H2,1-2H3,(H,42,46)/t28-/m0/s1. The molecule has 1 atom stereocenters. The average molecular weight is 702 g/mol. The largest absolute Gasteiger partial charge is 0.460 e. The number of hydrogen-bond acceptors (Lipinski definition) is 8. The first-order valence-corrected chi connectivity index (χ1v) is 16.6. The van der Waals surface area contributed by atoms with Crippen LogP contribution in [0.3, 0.4) is 0 Å². The van der Waals surface area contributed by atoms with Gasteiger partial charge in [0.1, 0.15) is 18.5 Å². The molecule has 264 valence electrons. The number of imidazole rings is 1. The molecule has 11 nitrogen and oxygen atoms in total. The molecule has 0 amide bonds. The summed E-state index contributed by atoms with van der Waals surface area (Å²) in [5.41, 5.74) is 12.0. The van der Waals surface area contributed by atoms with Crippen molar-refractivity contribution in [1.82, 2.24) is 34.7 Å². The van der Waals surface area contributed by atoms with Gasteiger partial charge in [0, 0.05) is 78.5 Å². The van der Waals surface area contributed by atoms with E-state index in [4.69, 9.17) is 15.6 Å². The number of fused-ring (bicyclic) bond motifs is 2. The molecule has 1 aliphatic rings. The summed E-state index contributed by atoms with van der Waals surface area (Å²) < 4.78 is 64.0. The highest BCUT2D eigenvalue weighted by Gasteiger charge is 2.34. The van der Waals surface area contributed by atoms with Gasteiger partial charge in [0.15, 0.2) is 0 Å². The van der Waals surface area contributed by atoms with Crippen LogP contribution >= 0.6 is 0 Å². The van der Waals surface area contributed by atoms with Crippen molar-refractivity contribution in [3.05, 3.63) is 106 Å². The number of ether oxygens (including phenoxy) is 1. The van der Waals surface area contributed by atoms with E-state index in [0.717, 1.165) is 34.9 Å². The van der Waals surface area contributed by atoms with Gasteiger partial charge in [-0.1, -0.05) is 32.0 Å². The summed E-state index contributed by atoms with van der Waals surface area (Å²) in [5, 5.41) is 5.63. The van der Waals surface area contributed by atoms with Crippen LogP contribution in [0.2, 0.25) is 0 Å². The predicted molar refractivity (Wildman–Crippen MR) is 181 cm³/mol. The number of alkyl halides is 3. The van der Waals surface area contributed by atoms with Gasteiger partial charge >= 0.3 is 12.1 Å². The number of carbonyl (C=O) groups is 1. The molecular weight excluding hydrogens is 666 g/mol. The number of anilines is 1. The minimum absolute atomic E-state index is 0.130. The number of aromatic amines is 2. The molecule has 0 saturated heterocycles. The minimum atomic E-state index is -4.57. The quantitative estimate of drug-likeness (QED) is 0.117. The van der Waals surface area contributed by atoms with Crippen molar-refractivity contribution in [3.63, 3.8) is 0 Å². The third-order valence-electron chi connectivity index (χ3n) is 9.24. The van der Waals surface area contributed by atoms with Crippen molar-refractivity contribution in [3.8, 4) is 16.9 Å². The van der Waals surface area contributed by atoms with Gasteiger partial charge in [-0.25, -0.2) is 24.0 Å². The van der Waals surface area contributed by atoms with Gasteiger partial charge < -0.3 is 25.3 Å². The summed E-state index contributed by atoms with van der Waals surface area (Å²) in [7, 11) is 0. The molecule has 4 aromatic heterocycles. The third kappa shape index (κ3) is 6.44. The molecule has 4 N–H and O–H groups in total. The molecule has 0 bridgehead atoms. The lowest BCUT2D eigenvalue weighted by Crippen LogP contribution is -2.34. The summed E-state index contributed by atoms with van der Waals surface area (Å²) in [6, 6.07) is 8.21. The highest BCUT2D eigenvalue weighted by Crippen LogP contribution is 2.41. The van der Waals surface area contributed by atoms with Crippen molar-refractivity contribution in [2.75, 3.05) is 11.4 Å². The maximum absolute atomic E-state index is 16.8. The van der Waals surface area contributed by atoms with Crippen LogP contribution in [0.25, 0.3) is 27.8 Å². The Morgan fingerprint density at radius 2 is 1.80 bits per heavy atom. The van der Waals surface area contributed by atoms with E-state index in [9.17, 15) is 18.0 Å². The van der Waals surface area contributed by atoms with Crippen molar-refractivity contribution in [2.24, 2.45) is 5.73 Å². The van der Waals surface area contributed by atoms with Crippen LogP contribution < -0.4 is 10.6 Å². The Morgan fingerprint density at radius 1 is 1.06 bits per heavy atom. The number of halogens is 4. The molecule has 0 radical (unpaired) electrons. The van der Waals surface area contributed by atoms with Gasteiger partial charge in [0.25, 0.3) is 0 Å². The highest BCUT2D eigenvalue weighted by molar-refractivity contribution is 5.98. The van der Waals surface area contributed by atoms with Crippen molar-refractivity contribution >= 4 is 22.8 Å².